The van der Waals surface area contributed by atoms with Crippen molar-refractivity contribution in [3.05, 3.63) is 0 Å². The maximum atomic E-state index is 12.1. The quantitative estimate of drug-likeness (QED) is 0.186. The lowest BCUT2D eigenvalue weighted by atomic mass is 10.0. The lowest BCUT2D eigenvalue weighted by molar-refractivity contribution is -0.149. The summed E-state index contributed by atoms with van der Waals surface area (Å²) in [5, 5.41) is 2.85. The Hall–Kier alpha value is -1.10. The number of nitrogens with one attached hydrogen (secondary N) is 1. The number of esters is 2. The molecular formula is C24H47NO4. The molecule has 0 fully saturated rings. The minimum absolute atomic E-state index is 0.00618. The summed E-state index contributed by atoms with van der Waals surface area (Å²) >= 11 is 0. The molecule has 0 aliphatic heterocycles. The van der Waals surface area contributed by atoms with Crippen molar-refractivity contribution in [3.63, 3.8) is 0 Å². The van der Waals surface area contributed by atoms with Gasteiger partial charge in [-0.05, 0) is 32.1 Å². The van der Waals surface area contributed by atoms with E-state index in [0.717, 1.165) is 51.4 Å². The molecule has 0 amide bonds. The summed E-state index contributed by atoms with van der Waals surface area (Å²) in [5.74, 6) is -0.575. The number of hydrogen-bond acceptors (Lipinski definition) is 5. The zero-order valence-corrected chi connectivity index (χ0v) is 19.4. The van der Waals surface area contributed by atoms with E-state index in [2.05, 4.69) is 26.1 Å². The van der Waals surface area contributed by atoms with Gasteiger partial charge in [-0.15, -0.1) is 0 Å². The lowest BCUT2D eigenvalue weighted by Gasteiger charge is -2.18. The minimum Gasteiger partial charge on any atom is -0.465 e. The molecule has 0 aromatic heterocycles. The first kappa shape index (κ1) is 27.9. The molecule has 0 aliphatic carbocycles. The molecule has 0 atom stereocenters. The Labute approximate surface area is 179 Å². The maximum absolute atomic E-state index is 12.1. The molecule has 0 unspecified atom stereocenters. The Morgan fingerprint density at radius 2 is 1.14 bits per heavy atom. The third-order valence-electron chi connectivity index (χ3n) is 5.11. The van der Waals surface area contributed by atoms with E-state index in [1.165, 1.54) is 44.9 Å². The topological polar surface area (TPSA) is 64.6 Å². The van der Waals surface area contributed by atoms with Gasteiger partial charge in [-0.1, -0.05) is 85.0 Å². The average Bonchev–Trinajstić information content (AvgIpc) is 2.70. The molecule has 0 saturated heterocycles. The summed E-state index contributed by atoms with van der Waals surface area (Å²) in [6, 6.07) is 0. The van der Waals surface area contributed by atoms with E-state index in [4.69, 9.17) is 9.47 Å². The highest BCUT2D eigenvalue weighted by Gasteiger charge is 2.14. The van der Waals surface area contributed by atoms with Crippen LogP contribution in [0, 0.1) is 0 Å². The van der Waals surface area contributed by atoms with Gasteiger partial charge in [-0.2, -0.15) is 0 Å². The van der Waals surface area contributed by atoms with Crippen molar-refractivity contribution < 1.29 is 19.1 Å². The summed E-state index contributed by atoms with van der Waals surface area (Å²) in [6.45, 7) is 7.15. The number of rotatable bonds is 21. The predicted octanol–water partition coefficient (Wildman–Crippen LogP) is 5.94. The fourth-order valence-corrected chi connectivity index (χ4v) is 3.30. The van der Waals surface area contributed by atoms with Crippen LogP contribution < -0.4 is 5.32 Å². The van der Waals surface area contributed by atoms with E-state index >= 15 is 0 Å². The Morgan fingerprint density at radius 3 is 1.72 bits per heavy atom. The van der Waals surface area contributed by atoms with Crippen LogP contribution in [0.3, 0.4) is 0 Å². The van der Waals surface area contributed by atoms with Gasteiger partial charge in [-0.25, -0.2) is 0 Å². The number of carbonyl (C=O) groups excluding carboxylic acids is 2. The van der Waals surface area contributed by atoms with Gasteiger partial charge in [0.05, 0.1) is 19.7 Å². The fraction of sp³-hybridized carbons (Fsp3) is 0.917. The first-order valence-corrected chi connectivity index (χ1v) is 12.2. The lowest BCUT2D eigenvalue weighted by Crippen LogP contribution is -2.32. The van der Waals surface area contributed by atoms with Crippen LogP contribution in [0.25, 0.3) is 0 Å². The highest BCUT2D eigenvalue weighted by molar-refractivity contribution is 5.75. The maximum Gasteiger partial charge on any atom is 0.320 e. The van der Waals surface area contributed by atoms with Gasteiger partial charge in [0.25, 0.3) is 0 Å². The first-order chi connectivity index (χ1) is 14.1. The predicted molar refractivity (Wildman–Crippen MR) is 120 cm³/mol. The molecule has 0 aromatic carbocycles. The Kier molecular flexibility index (Phi) is 20.8. The largest absolute Gasteiger partial charge is 0.465 e. The zero-order chi connectivity index (χ0) is 21.6. The van der Waals surface area contributed by atoms with Gasteiger partial charge in [-0.3, -0.25) is 14.9 Å². The molecule has 0 aromatic rings. The Balaban J connectivity index is 3.79. The minimum atomic E-state index is -0.300. The van der Waals surface area contributed by atoms with Crippen molar-refractivity contribution >= 4 is 11.9 Å². The zero-order valence-electron chi connectivity index (χ0n) is 19.4. The highest BCUT2D eigenvalue weighted by Crippen LogP contribution is 2.14. The van der Waals surface area contributed by atoms with E-state index in [1.54, 1.807) is 0 Å². The molecule has 0 rings (SSSR count). The molecule has 1 N–H and O–H groups in total. The van der Waals surface area contributed by atoms with Crippen LogP contribution in [-0.4, -0.2) is 37.7 Å². The molecule has 5 heteroatoms. The van der Waals surface area contributed by atoms with Crippen molar-refractivity contribution in [1.29, 1.82) is 0 Å². The molecule has 0 aliphatic rings. The Bertz CT molecular complexity index is 377. The second-order valence-corrected chi connectivity index (χ2v) is 8.05. The smallest absolute Gasteiger partial charge is 0.320 e. The number of hydrogen-bond donors (Lipinski definition) is 1. The molecule has 0 spiro atoms. The summed E-state index contributed by atoms with van der Waals surface area (Å²) in [5.41, 5.74) is 0. The summed E-state index contributed by atoms with van der Waals surface area (Å²) in [7, 11) is 0. The van der Waals surface area contributed by atoms with Crippen LogP contribution in [0.15, 0.2) is 0 Å². The van der Waals surface area contributed by atoms with Crippen LogP contribution in [0.2, 0.25) is 0 Å². The average molecular weight is 414 g/mol. The molecular weight excluding hydrogens is 366 g/mol. The van der Waals surface area contributed by atoms with Crippen LogP contribution >= 0.6 is 0 Å². The van der Waals surface area contributed by atoms with Crippen molar-refractivity contribution in [2.45, 2.75) is 123 Å². The van der Waals surface area contributed by atoms with E-state index in [9.17, 15) is 9.59 Å². The van der Waals surface area contributed by atoms with Crippen molar-refractivity contribution in [1.82, 2.24) is 5.32 Å². The first-order valence-electron chi connectivity index (χ1n) is 12.2. The SMILES string of the molecule is CCCCCCCCCOC(=O)CNCC(=O)OC(CCCCC)CCCCC. The second-order valence-electron chi connectivity index (χ2n) is 8.05. The monoisotopic (exact) mass is 413 g/mol. The number of ether oxygens (including phenoxy) is 2. The van der Waals surface area contributed by atoms with E-state index in [0.29, 0.717) is 6.61 Å². The third-order valence-corrected chi connectivity index (χ3v) is 5.11. The van der Waals surface area contributed by atoms with Crippen LogP contribution in [0.5, 0.6) is 0 Å². The van der Waals surface area contributed by atoms with Gasteiger partial charge >= 0.3 is 11.9 Å². The molecule has 0 radical (unpaired) electrons. The van der Waals surface area contributed by atoms with Crippen molar-refractivity contribution in [3.8, 4) is 0 Å². The van der Waals surface area contributed by atoms with E-state index in [1.807, 2.05) is 0 Å². The van der Waals surface area contributed by atoms with Crippen molar-refractivity contribution in [2.75, 3.05) is 19.7 Å². The molecule has 0 saturated carbocycles. The van der Waals surface area contributed by atoms with Gasteiger partial charge in [0.2, 0.25) is 0 Å². The van der Waals surface area contributed by atoms with Crippen LogP contribution in [0.1, 0.15) is 117 Å². The molecule has 29 heavy (non-hydrogen) atoms. The van der Waals surface area contributed by atoms with Gasteiger partial charge < -0.3 is 9.47 Å². The summed E-state index contributed by atoms with van der Waals surface area (Å²) in [6.07, 6.45) is 17.1. The summed E-state index contributed by atoms with van der Waals surface area (Å²) in [4.78, 5) is 23.8. The van der Waals surface area contributed by atoms with Gasteiger partial charge in [0, 0.05) is 0 Å². The molecule has 0 bridgehead atoms. The van der Waals surface area contributed by atoms with Gasteiger partial charge in [0.1, 0.15) is 6.10 Å². The van der Waals surface area contributed by atoms with E-state index in [-0.39, 0.29) is 31.1 Å². The normalized spacial score (nSPS) is 11.0. The molecule has 172 valence electrons. The van der Waals surface area contributed by atoms with Crippen molar-refractivity contribution in [2.24, 2.45) is 0 Å². The summed E-state index contributed by atoms with van der Waals surface area (Å²) < 4.78 is 10.8. The highest BCUT2D eigenvalue weighted by atomic mass is 16.5. The van der Waals surface area contributed by atoms with Crippen LogP contribution in [-0.2, 0) is 19.1 Å². The van der Waals surface area contributed by atoms with Gasteiger partial charge in [0.15, 0.2) is 0 Å². The number of unbranched alkanes of at least 4 members (excludes halogenated alkanes) is 10. The standard InChI is InChI=1S/C24H47NO4/c1-4-7-10-11-12-13-16-19-28-23(26)20-25-21-24(27)29-22(17-14-8-5-2)18-15-9-6-3/h22,25H,4-21H2,1-3H3. The molecule has 0 heterocycles. The second kappa shape index (κ2) is 21.6. The number of carbonyl (C=O) groups is 2. The third kappa shape index (κ3) is 20.0. The Morgan fingerprint density at radius 1 is 0.655 bits per heavy atom. The van der Waals surface area contributed by atoms with Crippen LogP contribution in [0.4, 0.5) is 0 Å². The molecule has 5 nitrogen and oxygen atoms in total. The fourth-order valence-electron chi connectivity index (χ4n) is 3.30. The van der Waals surface area contributed by atoms with E-state index < -0.39 is 0 Å².